The van der Waals surface area contributed by atoms with Crippen LogP contribution >= 0.6 is 11.5 Å². The van der Waals surface area contributed by atoms with Crippen LogP contribution in [-0.2, 0) is 6.18 Å². The van der Waals surface area contributed by atoms with Crippen LogP contribution in [-0.4, -0.2) is 4.37 Å². The van der Waals surface area contributed by atoms with Gasteiger partial charge in [-0.05, 0) is 24.3 Å². The van der Waals surface area contributed by atoms with E-state index in [9.17, 15) is 18.0 Å². The molecule has 0 unspecified atom stereocenters. The molecule has 16 heavy (non-hydrogen) atoms. The molecule has 2 rings (SSSR count). The molecule has 0 aliphatic carbocycles. The minimum atomic E-state index is -4.37. The number of hydrogen-bond donors (Lipinski definition) is 0. The molecule has 0 fully saturated rings. The summed E-state index contributed by atoms with van der Waals surface area (Å²) in [4.78, 5) is 10.1. The number of rotatable bonds is 1. The smallest absolute Gasteiger partial charge is 0.394 e. The Morgan fingerprint density at radius 2 is 1.81 bits per heavy atom. The van der Waals surface area contributed by atoms with Gasteiger partial charge in [0.25, 0.3) is 0 Å². The van der Waals surface area contributed by atoms with Crippen molar-refractivity contribution in [3.05, 3.63) is 39.6 Å². The highest BCUT2D eigenvalue weighted by Gasteiger charge is 2.30. The first-order valence-corrected chi connectivity index (χ1v) is 4.88. The number of benzene rings is 1. The standard InChI is InChI=1S/C9H4F3NO2S/c10-9(11,12)6-3-1-5(2-4-6)7-13-16-8(14)15-7/h1-4H. The van der Waals surface area contributed by atoms with Gasteiger partial charge in [0, 0.05) is 5.56 Å². The Morgan fingerprint density at radius 3 is 2.25 bits per heavy atom. The molecular formula is C9H4F3NO2S. The van der Waals surface area contributed by atoms with Crippen LogP contribution in [0, 0.1) is 0 Å². The zero-order chi connectivity index (χ0) is 11.8. The molecule has 0 aliphatic heterocycles. The van der Waals surface area contributed by atoms with Crippen LogP contribution in [0.15, 0.2) is 33.5 Å². The molecular weight excluding hydrogens is 243 g/mol. The van der Waals surface area contributed by atoms with Gasteiger partial charge in [-0.3, -0.25) is 0 Å². The summed E-state index contributed by atoms with van der Waals surface area (Å²) in [5, 5.41) is 0. The number of alkyl halides is 3. The Hall–Kier alpha value is -1.63. The lowest BCUT2D eigenvalue weighted by Gasteiger charge is -2.05. The third-order valence-corrected chi connectivity index (χ3v) is 2.33. The monoisotopic (exact) mass is 247 g/mol. The lowest BCUT2D eigenvalue weighted by atomic mass is 10.1. The maximum absolute atomic E-state index is 12.2. The Labute approximate surface area is 91.3 Å². The number of hydrogen-bond acceptors (Lipinski definition) is 4. The number of nitrogens with zero attached hydrogens (tertiary/aromatic N) is 1. The van der Waals surface area contributed by atoms with E-state index in [-0.39, 0.29) is 5.89 Å². The summed E-state index contributed by atoms with van der Waals surface area (Å²) in [6, 6.07) is 4.24. The van der Waals surface area contributed by atoms with Crippen LogP contribution in [0.5, 0.6) is 0 Å². The van der Waals surface area contributed by atoms with Crippen molar-refractivity contribution in [1.29, 1.82) is 0 Å². The highest BCUT2D eigenvalue weighted by molar-refractivity contribution is 7.02. The average Bonchev–Trinajstić information content (AvgIpc) is 2.64. The van der Waals surface area contributed by atoms with Crippen molar-refractivity contribution < 1.29 is 17.6 Å². The summed E-state index contributed by atoms with van der Waals surface area (Å²) in [7, 11) is 0. The van der Waals surface area contributed by atoms with Crippen molar-refractivity contribution in [3.63, 3.8) is 0 Å². The van der Waals surface area contributed by atoms with E-state index >= 15 is 0 Å². The zero-order valence-corrected chi connectivity index (χ0v) is 8.43. The second-order valence-corrected chi connectivity index (χ2v) is 3.61. The molecule has 0 bridgehead atoms. The molecule has 0 amide bonds. The third-order valence-electron chi connectivity index (χ3n) is 1.84. The largest absolute Gasteiger partial charge is 0.416 e. The van der Waals surface area contributed by atoms with E-state index in [2.05, 4.69) is 8.79 Å². The lowest BCUT2D eigenvalue weighted by Crippen LogP contribution is -2.03. The van der Waals surface area contributed by atoms with Crippen molar-refractivity contribution in [2.45, 2.75) is 6.18 Å². The first-order valence-electron chi connectivity index (χ1n) is 4.11. The fourth-order valence-electron chi connectivity index (χ4n) is 1.11. The van der Waals surface area contributed by atoms with Crippen LogP contribution in [0.25, 0.3) is 11.5 Å². The van der Waals surface area contributed by atoms with E-state index in [1.807, 2.05) is 0 Å². The summed E-state index contributed by atoms with van der Waals surface area (Å²) in [6.07, 6.45) is -4.37. The first-order chi connectivity index (χ1) is 7.47. The van der Waals surface area contributed by atoms with Crippen molar-refractivity contribution in [2.24, 2.45) is 0 Å². The number of aromatic nitrogens is 1. The van der Waals surface area contributed by atoms with Crippen molar-refractivity contribution >= 4 is 11.5 Å². The van der Waals surface area contributed by atoms with Gasteiger partial charge in [-0.1, -0.05) is 0 Å². The molecule has 0 radical (unpaired) electrons. The summed E-state index contributed by atoms with van der Waals surface area (Å²) < 4.78 is 45.0. The predicted molar refractivity (Wildman–Crippen MR) is 51.1 cm³/mol. The molecule has 1 aromatic heterocycles. The fraction of sp³-hybridized carbons (Fsp3) is 0.111. The first kappa shape index (κ1) is 10.9. The van der Waals surface area contributed by atoms with Gasteiger partial charge < -0.3 is 4.42 Å². The molecule has 2 aromatic rings. The van der Waals surface area contributed by atoms with Crippen molar-refractivity contribution in [1.82, 2.24) is 4.37 Å². The Kier molecular flexibility index (Phi) is 2.55. The van der Waals surface area contributed by atoms with Crippen LogP contribution in [0.2, 0.25) is 0 Å². The molecule has 0 N–H and O–H groups in total. The van der Waals surface area contributed by atoms with E-state index in [1.165, 1.54) is 12.1 Å². The molecule has 1 aromatic carbocycles. The third kappa shape index (κ3) is 2.13. The van der Waals surface area contributed by atoms with Gasteiger partial charge in [-0.25, -0.2) is 4.79 Å². The SMILES string of the molecule is O=c1oc(-c2ccc(C(F)(F)F)cc2)ns1. The zero-order valence-electron chi connectivity index (χ0n) is 7.62. The van der Waals surface area contributed by atoms with Crippen LogP contribution in [0.4, 0.5) is 13.2 Å². The van der Waals surface area contributed by atoms with Gasteiger partial charge in [-0.15, -0.1) is 4.37 Å². The van der Waals surface area contributed by atoms with E-state index in [0.717, 1.165) is 12.1 Å². The van der Waals surface area contributed by atoms with Crippen molar-refractivity contribution in [3.8, 4) is 11.5 Å². The van der Waals surface area contributed by atoms with Crippen LogP contribution in [0.1, 0.15) is 5.56 Å². The van der Waals surface area contributed by atoms with Crippen LogP contribution in [0.3, 0.4) is 0 Å². The minimum absolute atomic E-state index is 0.0312. The van der Waals surface area contributed by atoms with E-state index in [0.29, 0.717) is 17.1 Å². The summed E-state index contributed by atoms with van der Waals surface area (Å²) in [5.74, 6) is 0.0312. The molecule has 0 atom stereocenters. The maximum atomic E-state index is 12.2. The highest BCUT2D eigenvalue weighted by atomic mass is 32.1. The molecule has 0 spiro atoms. The van der Waals surface area contributed by atoms with E-state index < -0.39 is 16.7 Å². The van der Waals surface area contributed by atoms with Gasteiger partial charge >= 0.3 is 11.1 Å². The fourth-order valence-corrected chi connectivity index (χ4v) is 1.52. The van der Waals surface area contributed by atoms with Gasteiger partial charge in [0.05, 0.1) is 17.1 Å². The Bertz CT molecular complexity index is 541. The topological polar surface area (TPSA) is 43.1 Å². The Balaban J connectivity index is 2.36. The highest BCUT2D eigenvalue weighted by Crippen LogP contribution is 2.30. The molecule has 0 saturated heterocycles. The predicted octanol–water partition coefficient (Wildman–Crippen LogP) is 2.78. The molecule has 0 saturated carbocycles. The van der Waals surface area contributed by atoms with Gasteiger partial charge in [0.1, 0.15) is 0 Å². The lowest BCUT2D eigenvalue weighted by molar-refractivity contribution is -0.137. The van der Waals surface area contributed by atoms with E-state index in [1.54, 1.807) is 0 Å². The molecule has 1 heterocycles. The van der Waals surface area contributed by atoms with Gasteiger partial charge in [0.2, 0.25) is 5.89 Å². The quantitative estimate of drug-likeness (QED) is 0.778. The molecule has 7 heteroatoms. The van der Waals surface area contributed by atoms with Crippen molar-refractivity contribution in [2.75, 3.05) is 0 Å². The molecule has 0 aliphatic rings. The molecule has 84 valence electrons. The summed E-state index contributed by atoms with van der Waals surface area (Å²) in [6.45, 7) is 0. The summed E-state index contributed by atoms with van der Waals surface area (Å²) >= 11 is 0.615. The maximum Gasteiger partial charge on any atom is 0.416 e. The van der Waals surface area contributed by atoms with Gasteiger partial charge in [0.15, 0.2) is 0 Å². The van der Waals surface area contributed by atoms with Crippen LogP contribution < -0.4 is 4.94 Å². The Morgan fingerprint density at radius 1 is 1.19 bits per heavy atom. The van der Waals surface area contributed by atoms with E-state index in [4.69, 9.17) is 0 Å². The average molecular weight is 247 g/mol. The van der Waals surface area contributed by atoms with Gasteiger partial charge in [-0.2, -0.15) is 13.2 Å². The summed E-state index contributed by atoms with van der Waals surface area (Å²) in [5.41, 5.74) is -0.417. The number of halogens is 3. The minimum Gasteiger partial charge on any atom is -0.394 e. The normalized spacial score (nSPS) is 11.7. The second-order valence-electron chi connectivity index (χ2n) is 2.91. The second kappa shape index (κ2) is 3.75. The molecule has 3 nitrogen and oxygen atoms in total.